The molecule has 14 nitrogen and oxygen atoms in total. The van der Waals surface area contributed by atoms with Gasteiger partial charge in [0.1, 0.15) is 29.5 Å². The van der Waals surface area contributed by atoms with Crippen LogP contribution in [0.15, 0.2) is 18.2 Å². The molecule has 2 aromatic rings. The van der Waals surface area contributed by atoms with E-state index in [0.29, 0.717) is 13.2 Å². The fourth-order valence-electron chi connectivity index (χ4n) is 7.10. The average molecular weight is 644 g/mol. The summed E-state index contributed by atoms with van der Waals surface area (Å²) in [7, 11) is 2.90. The van der Waals surface area contributed by atoms with Crippen molar-refractivity contribution < 1.29 is 63.6 Å². The van der Waals surface area contributed by atoms with Crippen LogP contribution < -0.4 is 4.74 Å². The van der Waals surface area contributed by atoms with Crippen LogP contribution in [0.4, 0.5) is 0 Å². The first-order valence-corrected chi connectivity index (χ1v) is 15.0. The third kappa shape index (κ3) is 5.18. The smallest absolute Gasteiger partial charge is 0.202 e. The van der Waals surface area contributed by atoms with Gasteiger partial charge in [-0.3, -0.25) is 19.3 Å². The number of hydrogen-bond donors (Lipinski definition) is 5. The van der Waals surface area contributed by atoms with Gasteiger partial charge in [-0.15, -0.1) is 0 Å². The second-order valence-electron chi connectivity index (χ2n) is 12.2. The Hall–Kier alpha value is -3.47. The molecule has 46 heavy (non-hydrogen) atoms. The third-order valence-electron chi connectivity index (χ3n) is 9.53. The molecule has 2 heterocycles. The number of ether oxygens (including phenoxy) is 5. The fraction of sp³-hybridized carbons (Fsp3) is 0.531. The van der Waals surface area contributed by atoms with Crippen LogP contribution in [0.5, 0.6) is 17.2 Å². The van der Waals surface area contributed by atoms with Crippen LogP contribution in [-0.4, -0.2) is 125 Å². The molecule has 0 unspecified atom stereocenters. The van der Waals surface area contributed by atoms with Gasteiger partial charge in [0.2, 0.25) is 5.78 Å². The van der Waals surface area contributed by atoms with Gasteiger partial charge in [-0.1, -0.05) is 12.1 Å². The molecule has 5 N–H and O–H groups in total. The number of Topliss-reactive ketones (excluding diaryl/α,β-unsaturated/α-hetero) is 1. The molecule has 2 aliphatic carbocycles. The maximum Gasteiger partial charge on any atom is 0.202 e. The van der Waals surface area contributed by atoms with Crippen LogP contribution in [-0.2, 0) is 30.2 Å². The molecule has 248 valence electrons. The number of carbonyl (C=O) groups excluding carboxylic acids is 3. The van der Waals surface area contributed by atoms with E-state index in [4.69, 9.17) is 23.7 Å². The highest BCUT2D eigenvalue weighted by molar-refractivity contribution is 6.31. The van der Waals surface area contributed by atoms with Crippen LogP contribution in [0.2, 0.25) is 0 Å². The number of benzene rings is 2. The lowest BCUT2D eigenvalue weighted by molar-refractivity contribution is -0.266. The molecule has 14 heteroatoms. The molecule has 0 saturated carbocycles. The zero-order valence-electron chi connectivity index (χ0n) is 25.6. The number of ketones is 3. The number of nitrogens with zero attached hydrogens (tertiary/aromatic N) is 1. The number of hydrogen-bond acceptors (Lipinski definition) is 14. The molecular weight excluding hydrogens is 606 g/mol. The molecular formula is C32H37NO13. The molecule has 2 fully saturated rings. The Morgan fingerprint density at radius 3 is 2.54 bits per heavy atom. The molecule has 7 atom stereocenters. The summed E-state index contributed by atoms with van der Waals surface area (Å²) < 4.78 is 28.7. The molecule has 2 aromatic carbocycles. The lowest BCUT2D eigenvalue weighted by Gasteiger charge is -2.46. The Morgan fingerprint density at radius 2 is 1.85 bits per heavy atom. The van der Waals surface area contributed by atoms with E-state index >= 15 is 0 Å². The summed E-state index contributed by atoms with van der Waals surface area (Å²) >= 11 is 0. The normalized spacial score (nSPS) is 31.2. The van der Waals surface area contributed by atoms with E-state index in [-0.39, 0.29) is 47.3 Å². The van der Waals surface area contributed by atoms with Gasteiger partial charge in [-0.2, -0.15) is 0 Å². The Bertz CT molecular complexity index is 1580. The Labute approximate surface area is 264 Å². The van der Waals surface area contributed by atoms with Gasteiger partial charge in [-0.05, 0) is 13.0 Å². The maximum absolute atomic E-state index is 13.9. The minimum atomic E-state index is -2.26. The zero-order chi connectivity index (χ0) is 33.1. The molecule has 0 spiro atoms. The number of phenols is 2. The summed E-state index contributed by atoms with van der Waals surface area (Å²) in [5.41, 5.74) is -3.64. The molecule has 6 rings (SSSR count). The van der Waals surface area contributed by atoms with Crippen LogP contribution in [0.3, 0.4) is 0 Å². The highest BCUT2D eigenvalue weighted by atomic mass is 16.7. The van der Waals surface area contributed by atoms with E-state index in [9.17, 15) is 39.9 Å². The van der Waals surface area contributed by atoms with Crippen molar-refractivity contribution in [2.24, 2.45) is 0 Å². The van der Waals surface area contributed by atoms with E-state index in [1.807, 2.05) is 4.90 Å². The topological polar surface area (TPSA) is 202 Å². The van der Waals surface area contributed by atoms with Crippen molar-refractivity contribution in [1.29, 1.82) is 0 Å². The average Bonchev–Trinajstić information content (AvgIpc) is 3.05. The Balaban J connectivity index is 1.43. The monoisotopic (exact) mass is 643 g/mol. The number of rotatable bonds is 7. The highest BCUT2D eigenvalue weighted by Gasteiger charge is 2.50. The minimum absolute atomic E-state index is 0.0524. The van der Waals surface area contributed by atoms with E-state index in [1.165, 1.54) is 25.3 Å². The lowest BCUT2D eigenvalue weighted by atomic mass is 9.72. The predicted octanol–water partition coefficient (Wildman–Crippen LogP) is 0.347. The van der Waals surface area contributed by atoms with Crippen molar-refractivity contribution >= 4 is 17.3 Å². The summed E-state index contributed by atoms with van der Waals surface area (Å²) in [4.78, 5) is 42.3. The van der Waals surface area contributed by atoms with Gasteiger partial charge in [-0.25, -0.2) is 0 Å². The maximum atomic E-state index is 13.9. The number of carbonyl (C=O) groups is 3. The third-order valence-corrected chi connectivity index (χ3v) is 9.53. The van der Waals surface area contributed by atoms with Crippen molar-refractivity contribution in [3.8, 4) is 17.2 Å². The summed E-state index contributed by atoms with van der Waals surface area (Å²) in [5, 5.41) is 55.5. The molecule has 4 aliphatic rings. The highest BCUT2D eigenvalue weighted by Crippen LogP contribution is 2.52. The number of aliphatic hydroxyl groups excluding tert-OH is 2. The van der Waals surface area contributed by atoms with Crippen molar-refractivity contribution in [3.63, 3.8) is 0 Å². The van der Waals surface area contributed by atoms with Gasteiger partial charge >= 0.3 is 0 Å². The predicted molar refractivity (Wildman–Crippen MR) is 156 cm³/mol. The second-order valence-corrected chi connectivity index (χ2v) is 12.2. The molecule has 0 aromatic heterocycles. The number of aromatic hydroxyl groups is 2. The molecule has 0 radical (unpaired) electrons. The number of methoxy groups -OCH3 is 2. The summed E-state index contributed by atoms with van der Waals surface area (Å²) in [5.74, 6) is -3.77. The number of aliphatic hydroxyl groups is 3. The van der Waals surface area contributed by atoms with Crippen molar-refractivity contribution in [2.45, 2.75) is 68.5 Å². The van der Waals surface area contributed by atoms with Crippen molar-refractivity contribution in [3.05, 3.63) is 51.6 Å². The van der Waals surface area contributed by atoms with Gasteiger partial charge in [0.05, 0.1) is 61.6 Å². The van der Waals surface area contributed by atoms with Crippen molar-refractivity contribution in [1.82, 2.24) is 4.90 Å². The van der Waals surface area contributed by atoms with Crippen LogP contribution in [0, 0.1) is 0 Å². The van der Waals surface area contributed by atoms with Gasteiger partial charge in [0.25, 0.3) is 0 Å². The fourth-order valence-corrected chi connectivity index (χ4v) is 7.10. The SMILES string of the molecule is COc1cccc2c1C(=O)c1c(O)c3c(c(O)c1C2=O)C[C@@](O)(C(=O)CO)C[C@@H]3O[C@H]1C[C@H](N2COC[C@H](OC)C2)[C@H](O)[C@H](C)O1. The molecule has 2 saturated heterocycles. The minimum Gasteiger partial charge on any atom is -0.507 e. The largest absolute Gasteiger partial charge is 0.507 e. The van der Waals surface area contributed by atoms with Crippen LogP contribution in [0.25, 0.3) is 0 Å². The van der Waals surface area contributed by atoms with Crippen molar-refractivity contribution in [2.75, 3.05) is 40.7 Å². The van der Waals surface area contributed by atoms with E-state index in [0.717, 1.165) is 0 Å². The molecule has 2 aliphatic heterocycles. The summed E-state index contributed by atoms with van der Waals surface area (Å²) in [6.45, 7) is 1.71. The van der Waals surface area contributed by atoms with Crippen LogP contribution in [0.1, 0.15) is 68.8 Å². The number of phenolic OH excluding ortho intramolecular Hbond substituents is 2. The van der Waals surface area contributed by atoms with Gasteiger partial charge in [0.15, 0.2) is 17.9 Å². The lowest BCUT2D eigenvalue weighted by Crippen LogP contribution is -2.59. The Kier molecular flexibility index (Phi) is 8.67. The van der Waals surface area contributed by atoms with Crippen LogP contribution >= 0.6 is 0 Å². The Morgan fingerprint density at radius 1 is 1.11 bits per heavy atom. The first kappa shape index (κ1) is 32.5. The van der Waals surface area contributed by atoms with E-state index < -0.39 is 95.7 Å². The van der Waals surface area contributed by atoms with E-state index in [1.54, 1.807) is 14.0 Å². The first-order chi connectivity index (χ1) is 21.9. The summed E-state index contributed by atoms with van der Waals surface area (Å²) in [6, 6.07) is 3.88. The standard InChI is InChI=1S/C32H37NO13/c1-14-27(36)18(33-10-15(42-2)12-44-13-33)7-22(45-14)46-20-9-32(41,21(35)11-34)8-17-24(20)31(40)26-25(29(17)38)28(37)16-5-4-6-19(43-3)23(16)30(26)39/h4-6,14-15,18,20,22,27,34,36,38,40-41H,7-13H2,1-3H3/t14-,15+,18-,20-,22-,27+,32-/m0/s1. The van der Waals surface area contributed by atoms with E-state index in [2.05, 4.69) is 0 Å². The van der Waals surface area contributed by atoms with Gasteiger partial charge in [0, 0.05) is 55.6 Å². The molecule has 0 amide bonds. The first-order valence-electron chi connectivity index (χ1n) is 15.0. The molecule has 0 bridgehead atoms. The van der Waals surface area contributed by atoms with Gasteiger partial charge < -0.3 is 49.2 Å². The number of fused-ring (bicyclic) bond motifs is 3. The quantitative estimate of drug-likeness (QED) is 0.221. The second kappa shape index (κ2) is 12.3. The zero-order valence-corrected chi connectivity index (χ0v) is 25.6. The summed E-state index contributed by atoms with van der Waals surface area (Å²) in [6.07, 6.45) is -5.27.